The summed E-state index contributed by atoms with van der Waals surface area (Å²) in [4.78, 5) is 10.5. The van der Waals surface area contributed by atoms with Gasteiger partial charge in [0.2, 0.25) is 5.16 Å². The first-order valence-electron chi connectivity index (χ1n) is 6.07. The molecule has 1 N–H and O–H groups in total. The lowest BCUT2D eigenvalue weighted by Gasteiger charge is -2.06. The number of ether oxygens (including phenoxy) is 1. The van der Waals surface area contributed by atoms with Gasteiger partial charge >= 0.3 is 5.97 Å². The average molecular weight is 294 g/mol. The molecule has 0 saturated carbocycles. The molecule has 0 saturated heterocycles. The monoisotopic (exact) mass is 294 g/mol. The molecule has 2 rings (SSSR count). The SMILES string of the molecule is CCOc1ccc(-n2nnnc2SCCC(=O)O)cc1. The summed E-state index contributed by atoms with van der Waals surface area (Å²) in [5.74, 6) is 0.370. The van der Waals surface area contributed by atoms with E-state index in [0.717, 1.165) is 11.4 Å². The molecule has 0 spiro atoms. The topological polar surface area (TPSA) is 90.1 Å². The minimum Gasteiger partial charge on any atom is -0.494 e. The van der Waals surface area contributed by atoms with Gasteiger partial charge in [0.1, 0.15) is 5.75 Å². The number of benzene rings is 1. The van der Waals surface area contributed by atoms with Gasteiger partial charge in [-0.3, -0.25) is 4.79 Å². The van der Waals surface area contributed by atoms with E-state index in [1.165, 1.54) is 11.8 Å². The molecular formula is C12H14N4O3S. The van der Waals surface area contributed by atoms with Crippen molar-refractivity contribution in [1.29, 1.82) is 0 Å². The number of hydrogen-bond donors (Lipinski definition) is 1. The van der Waals surface area contributed by atoms with Crippen LogP contribution in [0.2, 0.25) is 0 Å². The van der Waals surface area contributed by atoms with Crippen molar-refractivity contribution in [2.24, 2.45) is 0 Å². The van der Waals surface area contributed by atoms with Crippen molar-refractivity contribution in [1.82, 2.24) is 20.2 Å². The summed E-state index contributed by atoms with van der Waals surface area (Å²) in [5.41, 5.74) is 0.802. The van der Waals surface area contributed by atoms with E-state index in [-0.39, 0.29) is 6.42 Å². The van der Waals surface area contributed by atoms with Crippen LogP contribution in [0, 0.1) is 0 Å². The fraction of sp³-hybridized carbons (Fsp3) is 0.333. The van der Waals surface area contributed by atoms with Gasteiger partial charge in [-0.25, -0.2) is 0 Å². The molecule has 1 aromatic heterocycles. The van der Waals surface area contributed by atoms with Crippen LogP contribution in [-0.4, -0.2) is 43.6 Å². The van der Waals surface area contributed by atoms with Gasteiger partial charge in [-0.2, -0.15) is 4.68 Å². The zero-order chi connectivity index (χ0) is 14.4. The minimum absolute atomic E-state index is 0.0702. The van der Waals surface area contributed by atoms with Gasteiger partial charge in [0.05, 0.1) is 18.7 Å². The molecule has 1 aromatic carbocycles. The number of rotatable bonds is 7. The average Bonchev–Trinajstić information content (AvgIpc) is 2.88. The van der Waals surface area contributed by atoms with E-state index in [2.05, 4.69) is 15.5 Å². The van der Waals surface area contributed by atoms with Crippen molar-refractivity contribution in [2.75, 3.05) is 12.4 Å². The molecule has 7 nitrogen and oxygen atoms in total. The number of hydrogen-bond acceptors (Lipinski definition) is 6. The zero-order valence-electron chi connectivity index (χ0n) is 10.9. The third-order valence-electron chi connectivity index (χ3n) is 2.38. The Morgan fingerprint density at radius 3 is 2.80 bits per heavy atom. The van der Waals surface area contributed by atoms with Gasteiger partial charge in [-0.15, -0.1) is 5.10 Å². The van der Waals surface area contributed by atoms with Gasteiger partial charge in [0.15, 0.2) is 0 Å². The van der Waals surface area contributed by atoms with Crippen LogP contribution in [0.1, 0.15) is 13.3 Å². The first kappa shape index (κ1) is 14.3. The second-order valence-corrected chi connectivity index (χ2v) is 4.85. The normalized spacial score (nSPS) is 10.4. The van der Waals surface area contributed by atoms with Gasteiger partial charge < -0.3 is 9.84 Å². The van der Waals surface area contributed by atoms with Crippen molar-refractivity contribution in [2.45, 2.75) is 18.5 Å². The highest BCUT2D eigenvalue weighted by Crippen LogP contribution is 2.20. The summed E-state index contributed by atoms with van der Waals surface area (Å²) in [6.07, 6.45) is 0.0702. The van der Waals surface area contributed by atoms with Gasteiger partial charge in [-0.05, 0) is 41.6 Å². The third-order valence-corrected chi connectivity index (χ3v) is 3.30. The Balaban J connectivity index is 2.08. The number of carbonyl (C=O) groups is 1. The van der Waals surface area contributed by atoms with Crippen LogP contribution in [0.25, 0.3) is 5.69 Å². The predicted octanol–water partition coefficient (Wildman–Crippen LogP) is 1.63. The highest BCUT2D eigenvalue weighted by molar-refractivity contribution is 7.99. The van der Waals surface area contributed by atoms with Crippen LogP contribution >= 0.6 is 11.8 Å². The predicted molar refractivity (Wildman–Crippen MR) is 73.3 cm³/mol. The van der Waals surface area contributed by atoms with Crippen LogP contribution in [0.15, 0.2) is 29.4 Å². The lowest BCUT2D eigenvalue weighted by Crippen LogP contribution is -2.01. The summed E-state index contributed by atoms with van der Waals surface area (Å²) in [7, 11) is 0. The quantitative estimate of drug-likeness (QED) is 0.776. The molecule has 0 aliphatic carbocycles. The molecule has 8 heteroatoms. The maximum atomic E-state index is 10.5. The van der Waals surface area contributed by atoms with E-state index in [0.29, 0.717) is 17.5 Å². The minimum atomic E-state index is -0.836. The number of carboxylic acid groups (broad SMARTS) is 1. The van der Waals surface area contributed by atoms with Gasteiger partial charge in [0.25, 0.3) is 0 Å². The molecule has 0 unspecified atom stereocenters. The van der Waals surface area contributed by atoms with Crippen molar-refractivity contribution in [3.63, 3.8) is 0 Å². The fourth-order valence-corrected chi connectivity index (χ4v) is 2.33. The Labute approximate surface area is 119 Å². The summed E-state index contributed by atoms with van der Waals surface area (Å²) in [5, 5.41) is 20.6. The second-order valence-electron chi connectivity index (χ2n) is 3.79. The first-order chi connectivity index (χ1) is 9.70. The van der Waals surface area contributed by atoms with E-state index < -0.39 is 5.97 Å². The Morgan fingerprint density at radius 2 is 2.15 bits per heavy atom. The highest BCUT2D eigenvalue weighted by Gasteiger charge is 2.09. The Bertz CT molecular complexity index is 570. The largest absolute Gasteiger partial charge is 0.494 e. The Hall–Kier alpha value is -2.09. The Kier molecular flexibility index (Phi) is 4.94. The molecule has 0 atom stereocenters. The molecule has 0 bridgehead atoms. The number of aliphatic carboxylic acids is 1. The van der Waals surface area contributed by atoms with Crippen molar-refractivity contribution < 1.29 is 14.6 Å². The maximum absolute atomic E-state index is 10.5. The van der Waals surface area contributed by atoms with Crippen LogP contribution in [-0.2, 0) is 4.79 Å². The van der Waals surface area contributed by atoms with E-state index in [1.807, 2.05) is 31.2 Å². The van der Waals surface area contributed by atoms with E-state index >= 15 is 0 Å². The lowest BCUT2D eigenvalue weighted by atomic mass is 10.3. The van der Waals surface area contributed by atoms with Gasteiger partial charge in [0, 0.05) is 5.75 Å². The van der Waals surface area contributed by atoms with Crippen LogP contribution in [0.4, 0.5) is 0 Å². The number of aromatic nitrogens is 4. The number of thioether (sulfide) groups is 1. The molecule has 0 aliphatic rings. The maximum Gasteiger partial charge on any atom is 0.304 e. The molecule has 0 amide bonds. The fourth-order valence-electron chi connectivity index (χ4n) is 1.51. The number of nitrogens with zero attached hydrogens (tertiary/aromatic N) is 4. The molecule has 1 heterocycles. The van der Waals surface area contributed by atoms with Crippen LogP contribution in [0.5, 0.6) is 5.75 Å². The highest BCUT2D eigenvalue weighted by atomic mass is 32.2. The van der Waals surface area contributed by atoms with Gasteiger partial charge in [-0.1, -0.05) is 11.8 Å². The number of carboxylic acids is 1. The second kappa shape index (κ2) is 6.90. The lowest BCUT2D eigenvalue weighted by molar-refractivity contribution is -0.136. The van der Waals surface area contributed by atoms with Crippen molar-refractivity contribution in [3.05, 3.63) is 24.3 Å². The molecule has 0 aliphatic heterocycles. The molecule has 20 heavy (non-hydrogen) atoms. The molecule has 0 radical (unpaired) electrons. The smallest absolute Gasteiger partial charge is 0.304 e. The molecule has 2 aromatic rings. The molecule has 0 fully saturated rings. The third kappa shape index (κ3) is 3.70. The van der Waals surface area contributed by atoms with Crippen molar-refractivity contribution >= 4 is 17.7 Å². The summed E-state index contributed by atoms with van der Waals surface area (Å²) >= 11 is 1.31. The summed E-state index contributed by atoms with van der Waals surface area (Å²) < 4.78 is 6.94. The Morgan fingerprint density at radius 1 is 1.40 bits per heavy atom. The summed E-state index contributed by atoms with van der Waals surface area (Å²) in [6, 6.07) is 7.38. The van der Waals surface area contributed by atoms with Crippen LogP contribution < -0.4 is 4.74 Å². The summed E-state index contributed by atoms with van der Waals surface area (Å²) in [6.45, 7) is 2.53. The number of tetrazole rings is 1. The molecular weight excluding hydrogens is 280 g/mol. The van der Waals surface area contributed by atoms with E-state index in [1.54, 1.807) is 4.68 Å². The molecule has 106 valence electrons. The standard InChI is InChI=1S/C12H14N4O3S/c1-2-19-10-5-3-9(4-6-10)16-12(13-14-15-16)20-8-7-11(17)18/h3-6H,2,7-8H2,1H3,(H,17,18). The first-order valence-corrected chi connectivity index (χ1v) is 7.05. The zero-order valence-corrected chi connectivity index (χ0v) is 11.7. The van der Waals surface area contributed by atoms with Crippen LogP contribution in [0.3, 0.4) is 0 Å². The van der Waals surface area contributed by atoms with E-state index in [4.69, 9.17) is 9.84 Å². The van der Waals surface area contributed by atoms with Crippen molar-refractivity contribution in [3.8, 4) is 11.4 Å². The van der Waals surface area contributed by atoms with E-state index in [9.17, 15) is 4.79 Å².